The number of nitrogens with one attached hydrogen (secondary N) is 1. The summed E-state index contributed by atoms with van der Waals surface area (Å²) in [6, 6.07) is 5.43. The summed E-state index contributed by atoms with van der Waals surface area (Å²) in [5, 5.41) is 7.58. The van der Waals surface area contributed by atoms with Crippen LogP contribution in [-0.2, 0) is 4.79 Å². The molecule has 112 valence electrons. The number of fused-ring (bicyclic) bond motifs is 1. The SMILES string of the molecule is CC1(C)CC(=O)C2=C(C1)Nc1ncnn1[C@H]2c1ccccn1. The lowest BCUT2D eigenvalue weighted by molar-refractivity contribution is -0.118. The first kappa shape index (κ1) is 13.2. The fourth-order valence-corrected chi connectivity index (χ4v) is 3.36. The average molecular weight is 295 g/mol. The van der Waals surface area contributed by atoms with Crippen molar-refractivity contribution in [2.45, 2.75) is 32.7 Å². The summed E-state index contributed by atoms with van der Waals surface area (Å²) in [6.45, 7) is 4.23. The minimum atomic E-state index is -0.293. The molecule has 6 nitrogen and oxygen atoms in total. The molecule has 1 N–H and O–H groups in total. The Morgan fingerprint density at radius 2 is 2.14 bits per heavy atom. The van der Waals surface area contributed by atoms with E-state index in [-0.39, 0.29) is 17.2 Å². The number of ketones is 1. The molecule has 22 heavy (non-hydrogen) atoms. The third kappa shape index (κ3) is 1.94. The Morgan fingerprint density at radius 1 is 1.27 bits per heavy atom. The summed E-state index contributed by atoms with van der Waals surface area (Å²) in [5.74, 6) is 0.829. The van der Waals surface area contributed by atoms with Gasteiger partial charge in [-0.3, -0.25) is 9.78 Å². The van der Waals surface area contributed by atoms with Crippen molar-refractivity contribution in [2.24, 2.45) is 5.41 Å². The fraction of sp³-hybridized carbons (Fsp3) is 0.375. The second kappa shape index (κ2) is 4.50. The van der Waals surface area contributed by atoms with Crippen LogP contribution in [0.5, 0.6) is 0 Å². The zero-order chi connectivity index (χ0) is 15.3. The first-order valence-electron chi connectivity index (χ1n) is 7.39. The van der Waals surface area contributed by atoms with Crippen LogP contribution in [0.4, 0.5) is 5.95 Å². The van der Waals surface area contributed by atoms with Gasteiger partial charge in [0, 0.05) is 23.9 Å². The summed E-state index contributed by atoms with van der Waals surface area (Å²) in [6.07, 6.45) is 4.61. The van der Waals surface area contributed by atoms with Crippen LogP contribution in [0.25, 0.3) is 0 Å². The molecule has 0 fully saturated rings. The predicted octanol–water partition coefficient (Wildman–Crippen LogP) is 2.33. The zero-order valence-electron chi connectivity index (χ0n) is 12.6. The largest absolute Gasteiger partial charge is 0.328 e. The molecule has 2 aromatic heterocycles. The molecule has 0 spiro atoms. The van der Waals surface area contributed by atoms with Crippen LogP contribution in [-0.4, -0.2) is 25.5 Å². The van der Waals surface area contributed by atoms with Gasteiger partial charge in [0.1, 0.15) is 12.4 Å². The summed E-state index contributed by atoms with van der Waals surface area (Å²) >= 11 is 0. The highest BCUT2D eigenvalue weighted by atomic mass is 16.1. The van der Waals surface area contributed by atoms with Gasteiger partial charge in [-0.2, -0.15) is 10.1 Å². The molecule has 1 atom stereocenters. The number of carbonyl (C=O) groups excluding carboxylic acids is 1. The highest BCUT2D eigenvalue weighted by molar-refractivity contribution is 5.99. The van der Waals surface area contributed by atoms with Gasteiger partial charge in [0.25, 0.3) is 0 Å². The first-order valence-corrected chi connectivity index (χ1v) is 7.39. The number of carbonyl (C=O) groups is 1. The van der Waals surface area contributed by atoms with Gasteiger partial charge in [0.15, 0.2) is 5.78 Å². The van der Waals surface area contributed by atoms with E-state index in [1.807, 2.05) is 18.2 Å². The van der Waals surface area contributed by atoms with E-state index in [1.54, 1.807) is 10.9 Å². The monoisotopic (exact) mass is 295 g/mol. The summed E-state index contributed by atoms with van der Waals surface area (Å²) < 4.78 is 1.75. The van der Waals surface area contributed by atoms with E-state index in [1.165, 1.54) is 6.33 Å². The molecule has 2 aliphatic rings. The molecule has 0 saturated carbocycles. The van der Waals surface area contributed by atoms with E-state index in [4.69, 9.17) is 0 Å². The molecular weight excluding hydrogens is 278 g/mol. The van der Waals surface area contributed by atoms with Crippen molar-refractivity contribution in [3.63, 3.8) is 0 Å². The number of hydrogen-bond donors (Lipinski definition) is 1. The highest BCUT2D eigenvalue weighted by Crippen LogP contribution is 2.44. The third-order valence-electron chi connectivity index (χ3n) is 4.24. The van der Waals surface area contributed by atoms with Crippen LogP contribution in [0.3, 0.4) is 0 Å². The van der Waals surface area contributed by atoms with Gasteiger partial charge in [-0.15, -0.1) is 0 Å². The molecule has 0 radical (unpaired) electrons. The van der Waals surface area contributed by atoms with Crippen LogP contribution in [0.15, 0.2) is 42.0 Å². The number of Topliss-reactive ketones (excluding diaryl/α,β-unsaturated/α-hetero) is 1. The minimum Gasteiger partial charge on any atom is -0.328 e. The van der Waals surface area contributed by atoms with Crippen molar-refractivity contribution in [3.05, 3.63) is 47.7 Å². The molecule has 2 aromatic rings. The van der Waals surface area contributed by atoms with Crippen LogP contribution in [0.1, 0.15) is 38.4 Å². The van der Waals surface area contributed by atoms with Gasteiger partial charge in [-0.1, -0.05) is 19.9 Å². The predicted molar refractivity (Wildman–Crippen MR) is 81.1 cm³/mol. The second-order valence-electron chi connectivity index (χ2n) is 6.64. The summed E-state index contributed by atoms with van der Waals surface area (Å²) in [4.78, 5) is 21.5. The number of pyridine rings is 1. The smallest absolute Gasteiger partial charge is 0.226 e. The zero-order valence-corrected chi connectivity index (χ0v) is 12.6. The maximum absolute atomic E-state index is 12.8. The molecule has 3 heterocycles. The lowest BCUT2D eigenvalue weighted by Gasteiger charge is -2.37. The van der Waals surface area contributed by atoms with Crippen molar-refractivity contribution < 1.29 is 4.79 Å². The second-order valence-corrected chi connectivity index (χ2v) is 6.64. The third-order valence-corrected chi connectivity index (χ3v) is 4.24. The Bertz CT molecular complexity index is 775. The summed E-state index contributed by atoms with van der Waals surface area (Å²) in [7, 11) is 0. The van der Waals surface area contributed by atoms with Gasteiger partial charge in [-0.25, -0.2) is 4.68 Å². The number of hydrogen-bond acceptors (Lipinski definition) is 5. The quantitative estimate of drug-likeness (QED) is 0.874. The van der Waals surface area contributed by atoms with Gasteiger partial charge in [0.2, 0.25) is 5.95 Å². The van der Waals surface area contributed by atoms with Crippen molar-refractivity contribution >= 4 is 11.7 Å². The molecule has 6 heteroatoms. The van der Waals surface area contributed by atoms with Crippen molar-refractivity contribution in [3.8, 4) is 0 Å². The Morgan fingerprint density at radius 3 is 2.91 bits per heavy atom. The number of anilines is 1. The number of allylic oxidation sites excluding steroid dienone is 2. The first-order chi connectivity index (χ1) is 10.6. The Hall–Kier alpha value is -2.50. The molecule has 4 rings (SSSR count). The lowest BCUT2D eigenvalue weighted by atomic mass is 9.73. The fourth-order valence-electron chi connectivity index (χ4n) is 3.36. The molecule has 0 bridgehead atoms. The van der Waals surface area contributed by atoms with Gasteiger partial charge in [0.05, 0.1) is 5.69 Å². The Kier molecular flexibility index (Phi) is 2.69. The van der Waals surface area contributed by atoms with Crippen molar-refractivity contribution in [1.82, 2.24) is 19.7 Å². The van der Waals surface area contributed by atoms with Crippen molar-refractivity contribution in [1.29, 1.82) is 0 Å². The average Bonchev–Trinajstić information content (AvgIpc) is 2.92. The van der Waals surface area contributed by atoms with E-state index in [2.05, 4.69) is 34.2 Å². The number of rotatable bonds is 1. The molecule has 1 aliphatic heterocycles. The van der Waals surface area contributed by atoms with E-state index in [0.717, 1.165) is 23.4 Å². The van der Waals surface area contributed by atoms with Crippen LogP contribution in [0, 0.1) is 5.41 Å². The molecule has 0 unspecified atom stereocenters. The van der Waals surface area contributed by atoms with Gasteiger partial charge < -0.3 is 5.32 Å². The molecule has 0 amide bonds. The standard InChI is InChI=1S/C16H17N5O/c1-16(2)7-11-13(12(22)8-16)14(10-5-3-4-6-17-10)21-15(20-11)18-9-19-21/h3-6,9,14H,7-8H2,1-2H3,(H,18,19,20)/t14-/m0/s1. The van der Waals surface area contributed by atoms with Crippen LogP contribution < -0.4 is 5.32 Å². The van der Waals surface area contributed by atoms with E-state index in [0.29, 0.717) is 12.4 Å². The molecule has 1 aliphatic carbocycles. The minimum absolute atomic E-state index is 0.0419. The Labute approximate surface area is 128 Å². The number of aromatic nitrogens is 4. The van der Waals surface area contributed by atoms with E-state index in [9.17, 15) is 4.79 Å². The molecule has 0 saturated heterocycles. The van der Waals surface area contributed by atoms with E-state index < -0.39 is 0 Å². The Balaban J connectivity index is 1.91. The normalized spacial score (nSPS) is 22.8. The highest BCUT2D eigenvalue weighted by Gasteiger charge is 2.41. The maximum atomic E-state index is 12.8. The topological polar surface area (TPSA) is 72.7 Å². The van der Waals surface area contributed by atoms with Gasteiger partial charge >= 0.3 is 0 Å². The lowest BCUT2D eigenvalue weighted by Crippen LogP contribution is -2.36. The molecular formula is C16H17N5O. The summed E-state index contributed by atoms with van der Waals surface area (Å²) in [5.41, 5.74) is 2.50. The molecule has 0 aromatic carbocycles. The van der Waals surface area contributed by atoms with E-state index >= 15 is 0 Å². The van der Waals surface area contributed by atoms with Gasteiger partial charge in [-0.05, 0) is 24.0 Å². The maximum Gasteiger partial charge on any atom is 0.226 e. The van der Waals surface area contributed by atoms with Crippen molar-refractivity contribution in [2.75, 3.05) is 5.32 Å². The van der Waals surface area contributed by atoms with Crippen LogP contribution >= 0.6 is 0 Å². The number of nitrogens with zero attached hydrogens (tertiary/aromatic N) is 4. The van der Waals surface area contributed by atoms with Crippen LogP contribution in [0.2, 0.25) is 0 Å².